The highest BCUT2D eigenvalue weighted by atomic mass is 31.1. The number of ether oxygens (including phenoxy) is 3. The minimum Gasteiger partial charge on any atom is -0.497 e. The Hall–Kier alpha value is -1.61. The van der Waals surface area contributed by atoms with Crippen molar-refractivity contribution in [1.29, 1.82) is 0 Å². The van der Waals surface area contributed by atoms with Gasteiger partial charge >= 0.3 is 0 Å². The van der Waals surface area contributed by atoms with Crippen molar-refractivity contribution in [3.05, 3.63) is 53.1 Å². The molecule has 0 aromatic heterocycles. The Kier molecular flexibility index (Phi) is 8.09. The maximum absolute atomic E-state index is 9.84. The summed E-state index contributed by atoms with van der Waals surface area (Å²) < 4.78 is 16.5. The van der Waals surface area contributed by atoms with Crippen LogP contribution in [0.5, 0.6) is 11.5 Å². The fourth-order valence-corrected chi connectivity index (χ4v) is 5.13. The van der Waals surface area contributed by atoms with Crippen LogP contribution in [0.3, 0.4) is 0 Å². The third kappa shape index (κ3) is 5.44. The molecule has 0 aliphatic rings. The maximum Gasteiger partial charge on any atom is 0.188 e. The average molecular weight is 390 g/mol. The molecule has 0 radical (unpaired) electrons. The summed E-state index contributed by atoms with van der Waals surface area (Å²) in [5.74, 6) is 1.63. The maximum atomic E-state index is 9.84. The molecule has 0 amide bonds. The zero-order valence-electron chi connectivity index (χ0n) is 17.0. The van der Waals surface area contributed by atoms with Gasteiger partial charge in [0, 0.05) is 17.8 Å². The van der Waals surface area contributed by atoms with E-state index >= 15 is 0 Å². The molecule has 2 rings (SSSR count). The molecule has 2 aromatic carbocycles. The summed E-state index contributed by atoms with van der Waals surface area (Å²) in [6.45, 7) is 6.77. The molecule has 0 aliphatic carbocycles. The van der Waals surface area contributed by atoms with E-state index in [2.05, 4.69) is 45.0 Å². The molecule has 4 nitrogen and oxygen atoms in total. The number of benzene rings is 2. The van der Waals surface area contributed by atoms with Gasteiger partial charge in [-0.2, -0.15) is 0 Å². The van der Waals surface area contributed by atoms with Crippen molar-refractivity contribution < 1.29 is 19.3 Å². The van der Waals surface area contributed by atoms with Crippen LogP contribution >= 0.6 is 8.58 Å². The molecule has 0 heterocycles. The molecule has 0 spiro atoms. The smallest absolute Gasteiger partial charge is 0.188 e. The van der Waals surface area contributed by atoms with Gasteiger partial charge in [0.05, 0.1) is 13.7 Å². The van der Waals surface area contributed by atoms with E-state index < -0.39 is 0 Å². The van der Waals surface area contributed by atoms with Gasteiger partial charge in [0.25, 0.3) is 0 Å². The van der Waals surface area contributed by atoms with Crippen molar-refractivity contribution in [1.82, 2.24) is 0 Å². The fourth-order valence-electron chi connectivity index (χ4n) is 3.35. The summed E-state index contributed by atoms with van der Waals surface area (Å²) in [7, 11) is 3.80. The number of aliphatic hydroxyl groups is 1. The van der Waals surface area contributed by atoms with E-state index in [9.17, 15) is 5.11 Å². The third-order valence-corrected chi connectivity index (χ3v) is 6.53. The van der Waals surface area contributed by atoms with E-state index in [0.29, 0.717) is 8.58 Å². The van der Waals surface area contributed by atoms with Gasteiger partial charge in [0.15, 0.2) is 6.79 Å². The van der Waals surface area contributed by atoms with Gasteiger partial charge < -0.3 is 19.3 Å². The quantitative estimate of drug-likeness (QED) is 0.479. The van der Waals surface area contributed by atoms with E-state index in [0.717, 1.165) is 41.0 Å². The van der Waals surface area contributed by atoms with Gasteiger partial charge in [0.1, 0.15) is 11.5 Å². The second kappa shape index (κ2) is 10.1. The topological polar surface area (TPSA) is 47.9 Å². The van der Waals surface area contributed by atoms with Gasteiger partial charge in [-0.05, 0) is 42.4 Å². The summed E-state index contributed by atoms with van der Waals surface area (Å²) in [6, 6.07) is 12.3. The molecule has 27 heavy (non-hydrogen) atoms. The number of aryl methyl sites for hydroxylation is 1. The lowest BCUT2D eigenvalue weighted by atomic mass is 9.94. The van der Waals surface area contributed by atoms with Crippen LogP contribution in [0, 0.1) is 6.92 Å². The third-order valence-electron chi connectivity index (χ3n) is 4.71. The Bertz CT molecular complexity index is 747. The number of rotatable bonds is 10. The molecule has 148 valence electrons. The highest BCUT2D eigenvalue weighted by molar-refractivity contribution is 7.48. The first-order chi connectivity index (χ1) is 13.0. The minimum atomic E-state index is -0.133. The zero-order chi connectivity index (χ0) is 19.9. The fraction of sp³-hybridized carbons (Fsp3) is 0.455. The summed E-state index contributed by atoms with van der Waals surface area (Å²) in [4.78, 5) is 0. The lowest BCUT2D eigenvalue weighted by Crippen LogP contribution is -2.22. The second-order valence-electron chi connectivity index (χ2n) is 6.94. The Morgan fingerprint density at radius 1 is 1.11 bits per heavy atom. The van der Waals surface area contributed by atoms with Crippen LogP contribution in [0.2, 0.25) is 0 Å². The highest BCUT2D eigenvalue weighted by Gasteiger charge is 2.31. The first-order valence-electron chi connectivity index (χ1n) is 9.26. The van der Waals surface area contributed by atoms with Crippen LogP contribution in [0.1, 0.15) is 43.4 Å². The van der Waals surface area contributed by atoms with Crippen LogP contribution in [0.4, 0.5) is 0 Å². The van der Waals surface area contributed by atoms with Crippen molar-refractivity contribution in [2.24, 2.45) is 0 Å². The monoisotopic (exact) mass is 390 g/mol. The van der Waals surface area contributed by atoms with E-state index in [4.69, 9.17) is 14.2 Å². The molecule has 0 saturated carbocycles. The Morgan fingerprint density at radius 3 is 2.52 bits per heavy atom. The molecular formula is C22H31O4P. The number of aliphatic hydroxyl groups excluding tert-OH is 1. The Labute approximate surface area is 164 Å². The Balaban J connectivity index is 2.51. The van der Waals surface area contributed by atoms with Crippen molar-refractivity contribution in [2.75, 3.05) is 21.0 Å². The number of hydrogen-bond acceptors (Lipinski definition) is 4. The lowest BCUT2D eigenvalue weighted by Gasteiger charge is -2.33. The number of hydrogen-bond donors (Lipinski definition) is 1. The van der Waals surface area contributed by atoms with Crippen molar-refractivity contribution in [3.8, 4) is 11.5 Å². The normalized spacial score (nSPS) is 13.7. The van der Waals surface area contributed by atoms with Gasteiger partial charge in [-0.1, -0.05) is 52.6 Å². The predicted octanol–water partition coefficient (Wildman–Crippen LogP) is 4.50. The molecule has 0 saturated heterocycles. The van der Waals surface area contributed by atoms with Crippen molar-refractivity contribution >= 4 is 13.9 Å². The molecule has 2 atom stereocenters. The molecule has 2 unspecified atom stereocenters. The summed E-state index contributed by atoms with van der Waals surface area (Å²) in [5.41, 5.74) is 3.27. The second-order valence-corrected chi connectivity index (χ2v) is 8.83. The lowest BCUT2D eigenvalue weighted by molar-refractivity contribution is 0.0500. The first-order valence-corrected chi connectivity index (χ1v) is 10.3. The van der Waals surface area contributed by atoms with Gasteiger partial charge in [0.2, 0.25) is 0 Å². The van der Waals surface area contributed by atoms with Crippen LogP contribution in [0.25, 0.3) is 0 Å². The van der Waals surface area contributed by atoms with Crippen LogP contribution in [0.15, 0.2) is 36.4 Å². The first kappa shape index (κ1) is 21.7. The summed E-state index contributed by atoms with van der Waals surface area (Å²) in [5, 5.41) is 10.9. The largest absolute Gasteiger partial charge is 0.497 e. The summed E-state index contributed by atoms with van der Waals surface area (Å²) >= 11 is 0. The zero-order valence-corrected chi connectivity index (χ0v) is 18.0. The predicted molar refractivity (Wildman–Crippen MR) is 113 cm³/mol. The molecule has 5 heteroatoms. The van der Waals surface area contributed by atoms with Crippen LogP contribution < -0.4 is 14.8 Å². The molecule has 0 bridgehead atoms. The Morgan fingerprint density at radius 2 is 1.89 bits per heavy atom. The average Bonchev–Trinajstić information content (AvgIpc) is 2.67. The van der Waals surface area contributed by atoms with E-state index in [1.54, 1.807) is 14.2 Å². The van der Waals surface area contributed by atoms with Gasteiger partial charge in [-0.15, -0.1) is 0 Å². The molecular weight excluding hydrogens is 359 g/mol. The molecule has 0 fully saturated rings. The molecule has 2 aromatic rings. The van der Waals surface area contributed by atoms with Gasteiger partial charge in [-0.3, -0.25) is 0 Å². The van der Waals surface area contributed by atoms with E-state index in [1.165, 1.54) is 5.30 Å². The standard InChI is InChI=1S/C22H31O4P/c1-6-11-22(3,27-21-10-7-16(2)12-17(21)14-23)19-13-18(25-5)8-9-20(19)26-15-24-4/h7-10,12-13,23,27H,6,11,14-15H2,1-5H3. The minimum absolute atomic E-state index is 0.0529. The molecule has 0 aliphatic heterocycles. The number of methoxy groups -OCH3 is 2. The van der Waals surface area contributed by atoms with Gasteiger partial charge in [-0.25, -0.2) is 0 Å². The van der Waals surface area contributed by atoms with Crippen molar-refractivity contribution in [3.63, 3.8) is 0 Å². The SMILES string of the molecule is CCCC(C)(Pc1ccc(C)cc1CO)c1cc(OC)ccc1OCOC. The van der Waals surface area contributed by atoms with E-state index in [-0.39, 0.29) is 18.6 Å². The van der Waals surface area contributed by atoms with Crippen LogP contribution in [-0.4, -0.2) is 26.1 Å². The summed E-state index contributed by atoms with van der Waals surface area (Å²) in [6.07, 6.45) is 2.05. The van der Waals surface area contributed by atoms with Crippen LogP contribution in [-0.2, 0) is 16.5 Å². The highest BCUT2D eigenvalue weighted by Crippen LogP contribution is 2.49. The molecule has 1 N–H and O–H groups in total. The van der Waals surface area contributed by atoms with E-state index in [1.807, 2.05) is 12.1 Å². The van der Waals surface area contributed by atoms with Crippen molar-refractivity contribution in [2.45, 2.75) is 45.4 Å².